The normalized spacial score (nSPS) is 8.36. The van der Waals surface area contributed by atoms with Gasteiger partial charge in [-0.1, -0.05) is 0 Å². The zero-order chi connectivity index (χ0) is 7.56. The van der Waals surface area contributed by atoms with Crippen molar-refractivity contribution in [2.75, 3.05) is 0 Å². The summed E-state index contributed by atoms with van der Waals surface area (Å²) in [6, 6.07) is 2.26. The molecule has 1 N–H and O–H groups in total. The first-order valence-electron chi connectivity index (χ1n) is 2.53. The van der Waals surface area contributed by atoms with Crippen LogP contribution < -0.4 is 5.56 Å². The van der Waals surface area contributed by atoms with Crippen LogP contribution in [0.2, 0.25) is 0 Å². The van der Waals surface area contributed by atoms with Crippen molar-refractivity contribution in [3.8, 4) is 0 Å². The molecule has 1 radical (unpaired) electrons. The molecule has 0 amide bonds. The van der Waals surface area contributed by atoms with E-state index in [4.69, 9.17) is 0 Å². The number of pyridine rings is 1. The van der Waals surface area contributed by atoms with E-state index < -0.39 is 4.92 Å². The Morgan fingerprint density at radius 2 is 2.09 bits per heavy atom. The summed E-state index contributed by atoms with van der Waals surface area (Å²) in [5.74, 6) is 0. The Bertz CT molecular complexity index is 288. The van der Waals surface area contributed by atoms with Gasteiger partial charge in [-0.2, -0.15) is 0 Å². The van der Waals surface area contributed by atoms with Crippen LogP contribution >= 0.6 is 0 Å². The van der Waals surface area contributed by atoms with Crippen molar-refractivity contribution in [1.29, 1.82) is 0 Å². The van der Waals surface area contributed by atoms with Crippen molar-refractivity contribution in [3.05, 3.63) is 38.8 Å². The van der Waals surface area contributed by atoms with Crippen molar-refractivity contribution in [3.63, 3.8) is 0 Å². The molecule has 0 bridgehead atoms. The minimum absolute atomic E-state index is 0. The molecule has 0 aliphatic heterocycles. The Hall–Kier alpha value is -0.910. The predicted octanol–water partition coefficient (Wildman–Crippen LogP) is 0.281. The Labute approximate surface area is 77.1 Å². The SMILES string of the molecule is O=c1ccc([N+](=O)[O-])c[nH]1.[Ag]. The van der Waals surface area contributed by atoms with Crippen LogP contribution in [0.3, 0.4) is 0 Å². The van der Waals surface area contributed by atoms with E-state index in [2.05, 4.69) is 4.98 Å². The molecule has 0 unspecified atom stereocenters. The summed E-state index contributed by atoms with van der Waals surface area (Å²) in [6.07, 6.45) is 1.06. The molecule has 6 heteroatoms. The Balaban J connectivity index is 0.000001000. The van der Waals surface area contributed by atoms with Crippen LogP contribution in [-0.2, 0) is 22.4 Å². The summed E-state index contributed by atoms with van der Waals surface area (Å²) in [6.45, 7) is 0. The number of aromatic nitrogens is 1. The summed E-state index contributed by atoms with van der Waals surface area (Å²) in [5, 5.41) is 10.00. The topological polar surface area (TPSA) is 76.0 Å². The first-order valence-corrected chi connectivity index (χ1v) is 2.53. The van der Waals surface area contributed by atoms with Gasteiger partial charge in [0.2, 0.25) is 5.56 Å². The maximum Gasteiger partial charge on any atom is 0.285 e. The standard InChI is InChI=1S/C5H4N2O3.Ag/c8-5-2-1-4(3-6-5)7(9)10;/h1-3H,(H,6,8);. The van der Waals surface area contributed by atoms with E-state index in [1.807, 2.05) is 0 Å². The fraction of sp³-hybridized carbons (Fsp3) is 0. The fourth-order valence-corrected chi connectivity index (χ4v) is 0.516. The molecule has 1 aromatic heterocycles. The number of rotatable bonds is 1. The first kappa shape index (κ1) is 10.1. The molecule has 0 spiro atoms. The minimum Gasteiger partial charge on any atom is -0.323 e. The van der Waals surface area contributed by atoms with Gasteiger partial charge in [-0.3, -0.25) is 14.9 Å². The summed E-state index contributed by atoms with van der Waals surface area (Å²) in [4.78, 5) is 22.0. The average molecular weight is 248 g/mol. The van der Waals surface area contributed by atoms with Crippen LogP contribution in [0.25, 0.3) is 0 Å². The number of H-pyrrole nitrogens is 1. The van der Waals surface area contributed by atoms with Gasteiger partial charge < -0.3 is 4.98 Å². The van der Waals surface area contributed by atoms with Crippen molar-refractivity contribution < 1.29 is 27.3 Å². The monoisotopic (exact) mass is 247 g/mol. The zero-order valence-corrected chi connectivity index (χ0v) is 6.69. The Morgan fingerprint density at radius 1 is 1.45 bits per heavy atom. The van der Waals surface area contributed by atoms with Gasteiger partial charge in [0.1, 0.15) is 0 Å². The molecule has 11 heavy (non-hydrogen) atoms. The number of nitrogens with one attached hydrogen (secondary N) is 1. The molecule has 0 saturated carbocycles. The maximum absolute atomic E-state index is 10.4. The zero-order valence-electron chi connectivity index (χ0n) is 5.21. The molecule has 1 heterocycles. The summed E-state index contributed by atoms with van der Waals surface area (Å²) in [7, 11) is 0. The quantitative estimate of drug-likeness (QED) is 0.440. The van der Waals surface area contributed by atoms with Gasteiger partial charge in [-0.05, 0) is 0 Å². The summed E-state index contributed by atoms with van der Waals surface area (Å²) < 4.78 is 0. The van der Waals surface area contributed by atoms with Gasteiger partial charge >= 0.3 is 0 Å². The Kier molecular flexibility index (Phi) is 3.73. The molecule has 63 valence electrons. The molecule has 0 aromatic carbocycles. The predicted molar refractivity (Wildman–Crippen MR) is 33.7 cm³/mol. The van der Waals surface area contributed by atoms with Crippen molar-refractivity contribution >= 4 is 5.69 Å². The number of aromatic amines is 1. The van der Waals surface area contributed by atoms with Crippen LogP contribution in [0.1, 0.15) is 0 Å². The second-order valence-corrected chi connectivity index (χ2v) is 1.67. The van der Waals surface area contributed by atoms with E-state index >= 15 is 0 Å². The molecular formula is C5H4AgN2O3. The Morgan fingerprint density at radius 3 is 2.45 bits per heavy atom. The first-order chi connectivity index (χ1) is 4.70. The van der Waals surface area contributed by atoms with E-state index in [1.165, 1.54) is 0 Å². The molecule has 1 rings (SSSR count). The largest absolute Gasteiger partial charge is 0.323 e. The minimum atomic E-state index is -0.573. The summed E-state index contributed by atoms with van der Waals surface area (Å²) >= 11 is 0. The van der Waals surface area contributed by atoms with Crippen LogP contribution in [-0.4, -0.2) is 9.91 Å². The number of nitro groups is 1. The van der Waals surface area contributed by atoms with E-state index in [9.17, 15) is 14.9 Å². The maximum atomic E-state index is 10.4. The fourth-order valence-electron chi connectivity index (χ4n) is 0.516. The second kappa shape index (κ2) is 4.07. The van der Waals surface area contributed by atoms with Gasteiger partial charge in [-0.25, -0.2) is 0 Å². The molecule has 5 nitrogen and oxygen atoms in total. The average Bonchev–Trinajstić information content (AvgIpc) is 1.88. The van der Waals surface area contributed by atoms with E-state index in [1.54, 1.807) is 0 Å². The third-order valence-corrected chi connectivity index (χ3v) is 0.979. The molecule has 0 aliphatic carbocycles. The number of hydrogen-bond acceptors (Lipinski definition) is 3. The third-order valence-electron chi connectivity index (χ3n) is 0.979. The molecule has 1 aromatic rings. The molecule has 0 aliphatic rings. The van der Waals surface area contributed by atoms with E-state index in [-0.39, 0.29) is 33.6 Å². The number of nitrogens with zero attached hydrogens (tertiary/aromatic N) is 1. The van der Waals surface area contributed by atoms with Crippen LogP contribution in [0.15, 0.2) is 23.1 Å². The molecule has 0 fully saturated rings. The third kappa shape index (κ3) is 2.67. The number of hydrogen-bond donors (Lipinski definition) is 1. The second-order valence-electron chi connectivity index (χ2n) is 1.67. The van der Waals surface area contributed by atoms with Gasteiger partial charge in [0, 0.05) is 34.5 Å². The van der Waals surface area contributed by atoms with Crippen LogP contribution in [0, 0.1) is 10.1 Å². The van der Waals surface area contributed by atoms with Gasteiger partial charge in [-0.15, -0.1) is 0 Å². The smallest absolute Gasteiger partial charge is 0.285 e. The van der Waals surface area contributed by atoms with Crippen molar-refractivity contribution in [1.82, 2.24) is 4.98 Å². The van der Waals surface area contributed by atoms with Gasteiger partial charge in [0.05, 0.1) is 11.1 Å². The van der Waals surface area contributed by atoms with Crippen molar-refractivity contribution in [2.24, 2.45) is 0 Å². The van der Waals surface area contributed by atoms with Crippen LogP contribution in [0.5, 0.6) is 0 Å². The molecule has 0 saturated heterocycles. The molecule has 0 atom stereocenters. The van der Waals surface area contributed by atoms with E-state index in [0.717, 1.165) is 18.3 Å². The van der Waals surface area contributed by atoms with Gasteiger partial charge in [0.15, 0.2) is 0 Å². The molecular weight excluding hydrogens is 244 g/mol. The van der Waals surface area contributed by atoms with Gasteiger partial charge in [0.25, 0.3) is 5.69 Å². The summed E-state index contributed by atoms with van der Waals surface area (Å²) in [5.41, 5.74) is -0.454. The van der Waals surface area contributed by atoms with Crippen LogP contribution in [0.4, 0.5) is 5.69 Å². The van der Waals surface area contributed by atoms with E-state index in [0.29, 0.717) is 0 Å². The van der Waals surface area contributed by atoms with Crippen molar-refractivity contribution in [2.45, 2.75) is 0 Å².